The van der Waals surface area contributed by atoms with Gasteiger partial charge in [0.1, 0.15) is 0 Å². The summed E-state index contributed by atoms with van der Waals surface area (Å²) in [7, 11) is 0. The van der Waals surface area contributed by atoms with E-state index in [-0.39, 0.29) is 6.10 Å². The number of aliphatic hydroxyl groups excluding tert-OH is 1. The van der Waals surface area contributed by atoms with Gasteiger partial charge < -0.3 is 5.11 Å². The largest absolute Gasteiger partial charge is 0.387 e. The van der Waals surface area contributed by atoms with Gasteiger partial charge in [0.15, 0.2) is 0 Å². The van der Waals surface area contributed by atoms with Gasteiger partial charge in [-0.05, 0) is 31.1 Å². The van der Waals surface area contributed by atoms with E-state index in [1.165, 1.54) is 16.3 Å². The summed E-state index contributed by atoms with van der Waals surface area (Å²) < 4.78 is 0. The van der Waals surface area contributed by atoms with Crippen molar-refractivity contribution in [3.8, 4) is 0 Å². The lowest BCUT2D eigenvalue weighted by molar-refractivity contribution is 0.153. The van der Waals surface area contributed by atoms with Crippen LogP contribution in [-0.2, 0) is 6.42 Å². The standard InChI is InChI=1S/C12H17NOS/c1-12(2)6-7(12)11-13-10-8(14)4-3-5-9(10)15-11/h7-8,14H,3-6H2,1-2H3. The second-order valence-corrected chi connectivity index (χ2v) is 6.63. The zero-order valence-corrected chi connectivity index (χ0v) is 10.1. The van der Waals surface area contributed by atoms with Crippen LogP contribution in [0.3, 0.4) is 0 Å². The van der Waals surface area contributed by atoms with Gasteiger partial charge >= 0.3 is 0 Å². The van der Waals surface area contributed by atoms with E-state index in [0.29, 0.717) is 11.3 Å². The summed E-state index contributed by atoms with van der Waals surface area (Å²) in [5, 5.41) is 11.1. The fraction of sp³-hybridized carbons (Fsp3) is 0.750. The van der Waals surface area contributed by atoms with Crippen molar-refractivity contribution < 1.29 is 5.11 Å². The zero-order chi connectivity index (χ0) is 10.6. The molecule has 0 spiro atoms. The molecule has 15 heavy (non-hydrogen) atoms. The van der Waals surface area contributed by atoms with Crippen LogP contribution in [0.25, 0.3) is 0 Å². The minimum Gasteiger partial charge on any atom is -0.387 e. The highest BCUT2D eigenvalue weighted by Crippen LogP contribution is 2.59. The zero-order valence-electron chi connectivity index (χ0n) is 9.29. The minimum absolute atomic E-state index is 0.291. The molecule has 0 radical (unpaired) electrons. The second-order valence-electron chi connectivity index (χ2n) is 5.51. The van der Waals surface area contributed by atoms with Crippen LogP contribution in [0.15, 0.2) is 0 Å². The lowest BCUT2D eigenvalue weighted by Gasteiger charge is -2.14. The van der Waals surface area contributed by atoms with Crippen LogP contribution in [-0.4, -0.2) is 10.1 Å². The topological polar surface area (TPSA) is 33.1 Å². The Labute approximate surface area is 94.4 Å². The maximum atomic E-state index is 9.85. The summed E-state index contributed by atoms with van der Waals surface area (Å²) in [5.41, 5.74) is 1.44. The molecule has 82 valence electrons. The Balaban J connectivity index is 1.93. The van der Waals surface area contributed by atoms with Crippen LogP contribution < -0.4 is 0 Å². The third-order valence-corrected chi connectivity index (χ3v) is 5.00. The summed E-state index contributed by atoms with van der Waals surface area (Å²) >= 11 is 1.84. The SMILES string of the molecule is CC1(C)CC1c1nc2c(s1)CCCC2O. The smallest absolute Gasteiger partial charge is 0.0971 e. The molecule has 2 unspecified atom stereocenters. The number of hydrogen-bond donors (Lipinski definition) is 1. The van der Waals surface area contributed by atoms with Crippen LogP contribution in [0.5, 0.6) is 0 Å². The number of nitrogens with zero attached hydrogens (tertiary/aromatic N) is 1. The van der Waals surface area contributed by atoms with E-state index in [1.807, 2.05) is 11.3 Å². The summed E-state index contributed by atoms with van der Waals surface area (Å²) in [6.45, 7) is 4.60. The van der Waals surface area contributed by atoms with Crippen LogP contribution in [0.2, 0.25) is 0 Å². The molecule has 1 fully saturated rings. The number of aromatic nitrogens is 1. The quantitative estimate of drug-likeness (QED) is 0.794. The average Bonchev–Trinajstić information content (AvgIpc) is 2.62. The first-order chi connectivity index (χ1) is 7.08. The molecule has 0 aromatic carbocycles. The number of hydrogen-bond acceptors (Lipinski definition) is 3. The molecule has 3 rings (SSSR count). The Morgan fingerprint density at radius 1 is 1.47 bits per heavy atom. The second kappa shape index (κ2) is 3.05. The molecule has 1 aromatic rings. The van der Waals surface area contributed by atoms with Crippen LogP contribution >= 0.6 is 11.3 Å². The van der Waals surface area contributed by atoms with Gasteiger partial charge in [0.2, 0.25) is 0 Å². The number of aliphatic hydroxyl groups is 1. The molecule has 1 N–H and O–H groups in total. The molecule has 1 saturated carbocycles. The predicted octanol–water partition coefficient (Wildman–Crippen LogP) is 3.03. The predicted molar refractivity (Wildman–Crippen MR) is 61.2 cm³/mol. The maximum Gasteiger partial charge on any atom is 0.0971 e. The number of fused-ring (bicyclic) bond motifs is 1. The van der Waals surface area contributed by atoms with E-state index >= 15 is 0 Å². The van der Waals surface area contributed by atoms with Gasteiger partial charge in [0.05, 0.1) is 16.8 Å². The summed E-state index contributed by atoms with van der Waals surface area (Å²) in [4.78, 5) is 6.00. The Bertz CT molecular complexity index is 396. The van der Waals surface area contributed by atoms with Crippen molar-refractivity contribution in [3.63, 3.8) is 0 Å². The Kier molecular flexibility index (Phi) is 1.99. The molecule has 0 saturated heterocycles. The first-order valence-corrected chi connectivity index (χ1v) is 6.57. The highest BCUT2D eigenvalue weighted by atomic mass is 32.1. The summed E-state index contributed by atoms with van der Waals surface area (Å²) in [5.74, 6) is 0.653. The molecule has 1 aromatic heterocycles. The van der Waals surface area contributed by atoms with Gasteiger partial charge in [-0.1, -0.05) is 13.8 Å². The van der Waals surface area contributed by atoms with Crippen molar-refractivity contribution in [1.82, 2.24) is 4.98 Å². The number of thiazole rings is 1. The molecule has 1 heterocycles. The van der Waals surface area contributed by atoms with Crippen molar-refractivity contribution in [2.75, 3.05) is 0 Å². The van der Waals surface area contributed by atoms with Gasteiger partial charge in [0, 0.05) is 10.8 Å². The molecule has 2 nitrogen and oxygen atoms in total. The molecule has 2 aliphatic rings. The van der Waals surface area contributed by atoms with E-state index in [9.17, 15) is 5.11 Å². The number of aryl methyl sites for hydroxylation is 1. The summed E-state index contributed by atoms with van der Waals surface area (Å²) in [6, 6.07) is 0. The lowest BCUT2D eigenvalue weighted by atomic mass is 10.0. The Hall–Kier alpha value is -0.410. The van der Waals surface area contributed by atoms with E-state index in [4.69, 9.17) is 0 Å². The molecule has 0 amide bonds. The highest BCUT2D eigenvalue weighted by molar-refractivity contribution is 7.11. The molecule has 0 bridgehead atoms. The van der Waals surface area contributed by atoms with Gasteiger partial charge in [-0.3, -0.25) is 0 Å². The van der Waals surface area contributed by atoms with Crippen molar-refractivity contribution in [1.29, 1.82) is 0 Å². The van der Waals surface area contributed by atoms with Crippen molar-refractivity contribution in [2.24, 2.45) is 5.41 Å². The maximum absolute atomic E-state index is 9.85. The first kappa shape index (κ1) is 9.79. The van der Waals surface area contributed by atoms with Gasteiger partial charge in [0.25, 0.3) is 0 Å². The van der Waals surface area contributed by atoms with Crippen molar-refractivity contribution in [2.45, 2.75) is 51.6 Å². The van der Waals surface area contributed by atoms with Gasteiger partial charge in [-0.15, -0.1) is 11.3 Å². The Morgan fingerprint density at radius 3 is 2.80 bits per heavy atom. The molecule has 0 aliphatic heterocycles. The van der Waals surface area contributed by atoms with E-state index in [1.54, 1.807) is 0 Å². The van der Waals surface area contributed by atoms with Gasteiger partial charge in [-0.2, -0.15) is 0 Å². The summed E-state index contributed by atoms with van der Waals surface area (Å²) in [6.07, 6.45) is 4.10. The molecular formula is C12H17NOS. The van der Waals surface area contributed by atoms with Crippen molar-refractivity contribution in [3.05, 3.63) is 15.6 Å². The Morgan fingerprint density at radius 2 is 2.20 bits per heavy atom. The van der Waals surface area contributed by atoms with Crippen LogP contribution in [0, 0.1) is 5.41 Å². The van der Waals surface area contributed by atoms with E-state index in [0.717, 1.165) is 25.0 Å². The number of rotatable bonds is 1. The van der Waals surface area contributed by atoms with E-state index in [2.05, 4.69) is 18.8 Å². The monoisotopic (exact) mass is 223 g/mol. The van der Waals surface area contributed by atoms with Gasteiger partial charge in [-0.25, -0.2) is 4.98 Å². The van der Waals surface area contributed by atoms with E-state index < -0.39 is 0 Å². The molecular weight excluding hydrogens is 206 g/mol. The van der Waals surface area contributed by atoms with Crippen LogP contribution in [0.4, 0.5) is 0 Å². The average molecular weight is 223 g/mol. The minimum atomic E-state index is -0.291. The molecule has 3 heteroatoms. The van der Waals surface area contributed by atoms with Crippen LogP contribution in [0.1, 0.15) is 60.7 Å². The third-order valence-electron chi connectivity index (χ3n) is 3.75. The first-order valence-electron chi connectivity index (χ1n) is 5.75. The lowest BCUT2D eigenvalue weighted by Crippen LogP contribution is -2.07. The fourth-order valence-electron chi connectivity index (χ4n) is 2.45. The molecule has 2 atom stereocenters. The van der Waals surface area contributed by atoms with Crippen molar-refractivity contribution >= 4 is 11.3 Å². The third kappa shape index (κ3) is 1.53. The molecule has 2 aliphatic carbocycles. The fourth-order valence-corrected chi connectivity index (χ4v) is 3.93. The highest BCUT2D eigenvalue weighted by Gasteiger charge is 2.48. The normalized spacial score (nSPS) is 32.5.